The molecule has 2 heterocycles. The average Bonchev–Trinajstić information content (AvgIpc) is 3.08. The molecule has 0 saturated carbocycles. The third-order valence-electron chi connectivity index (χ3n) is 5.12. The topological polar surface area (TPSA) is 51.0 Å². The monoisotopic (exact) mass is 404 g/mol. The summed E-state index contributed by atoms with van der Waals surface area (Å²) in [5.74, 6) is 1.05. The van der Waals surface area contributed by atoms with Gasteiger partial charge >= 0.3 is 0 Å². The minimum absolute atomic E-state index is 0.156. The van der Waals surface area contributed by atoms with E-state index in [-0.39, 0.29) is 11.7 Å². The summed E-state index contributed by atoms with van der Waals surface area (Å²) in [6.07, 6.45) is 4.36. The maximum atomic E-state index is 14.3. The molecule has 1 fully saturated rings. The molecule has 0 radical (unpaired) electrons. The minimum atomic E-state index is -0.313. The minimum Gasteiger partial charge on any atom is -0.339 e. The van der Waals surface area contributed by atoms with Gasteiger partial charge in [0.15, 0.2) is 11.0 Å². The van der Waals surface area contributed by atoms with Gasteiger partial charge in [0, 0.05) is 19.1 Å². The maximum absolute atomic E-state index is 14.3. The van der Waals surface area contributed by atoms with E-state index < -0.39 is 0 Å². The van der Waals surface area contributed by atoms with Crippen molar-refractivity contribution in [1.29, 1.82) is 0 Å². The lowest BCUT2D eigenvalue weighted by atomic mass is 10.0. The second-order valence-electron chi connectivity index (χ2n) is 7.72. The predicted octanol–water partition coefficient (Wildman–Crippen LogP) is 4.62. The zero-order valence-corrected chi connectivity index (χ0v) is 17.7. The summed E-state index contributed by atoms with van der Waals surface area (Å²) in [7, 11) is 0. The Hall–Kier alpha value is -1.89. The van der Waals surface area contributed by atoms with Gasteiger partial charge in [-0.15, -0.1) is 10.2 Å². The van der Waals surface area contributed by atoms with Gasteiger partial charge in [-0.2, -0.15) is 0 Å². The molecule has 5 nitrogen and oxygen atoms in total. The molecule has 1 aliphatic rings. The van der Waals surface area contributed by atoms with E-state index in [1.54, 1.807) is 18.2 Å². The van der Waals surface area contributed by atoms with Gasteiger partial charge in [0.1, 0.15) is 5.82 Å². The van der Waals surface area contributed by atoms with Crippen LogP contribution in [0.2, 0.25) is 0 Å². The lowest BCUT2D eigenvalue weighted by Gasteiger charge is -2.35. The Labute approximate surface area is 170 Å². The number of halogens is 1. The van der Waals surface area contributed by atoms with Crippen LogP contribution >= 0.6 is 11.8 Å². The van der Waals surface area contributed by atoms with E-state index in [4.69, 9.17) is 0 Å². The fraction of sp³-hybridized carbons (Fsp3) is 0.571. The van der Waals surface area contributed by atoms with Crippen LogP contribution in [-0.4, -0.2) is 43.9 Å². The van der Waals surface area contributed by atoms with Crippen molar-refractivity contribution < 1.29 is 9.18 Å². The van der Waals surface area contributed by atoms with E-state index in [1.165, 1.54) is 24.2 Å². The van der Waals surface area contributed by atoms with Crippen molar-refractivity contribution in [3.05, 3.63) is 30.1 Å². The van der Waals surface area contributed by atoms with Crippen LogP contribution in [0.25, 0.3) is 11.4 Å². The van der Waals surface area contributed by atoms with Gasteiger partial charge in [0.2, 0.25) is 5.91 Å². The van der Waals surface area contributed by atoms with E-state index in [1.807, 2.05) is 9.47 Å². The van der Waals surface area contributed by atoms with Crippen LogP contribution in [0.3, 0.4) is 0 Å². The zero-order chi connectivity index (χ0) is 20.1. The van der Waals surface area contributed by atoms with Crippen molar-refractivity contribution in [2.45, 2.75) is 64.2 Å². The van der Waals surface area contributed by atoms with Crippen molar-refractivity contribution >= 4 is 17.7 Å². The molecule has 0 N–H and O–H groups in total. The lowest BCUT2D eigenvalue weighted by molar-refractivity contribution is -0.132. The highest BCUT2D eigenvalue weighted by atomic mass is 32.2. The van der Waals surface area contributed by atoms with E-state index in [0.29, 0.717) is 40.8 Å². The first-order valence-electron chi connectivity index (χ1n) is 10.1. The molecule has 1 unspecified atom stereocenters. The second kappa shape index (κ2) is 9.54. The molecule has 152 valence electrons. The van der Waals surface area contributed by atoms with Crippen LogP contribution in [-0.2, 0) is 11.3 Å². The summed E-state index contributed by atoms with van der Waals surface area (Å²) < 4.78 is 16.2. The molecule has 1 amide bonds. The summed E-state index contributed by atoms with van der Waals surface area (Å²) in [6, 6.07) is 6.96. The van der Waals surface area contributed by atoms with E-state index >= 15 is 0 Å². The van der Waals surface area contributed by atoms with Gasteiger partial charge in [0.25, 0.3) is 0 Å². The number of carbonyl (C=O) groups excluding carboxylic acids is 1. The summed E-state index contributed by atoms with van der Waals surface area (Å²) in [5, 5.41) is 9.20. The second-order valence-corrected chi connectivity index (χ2v) is 8.67. The fourth-order valence-electron chi connectivity index (χ4n) is 3.73. The van der Waals surface area contributed by atoms with Crippen LogP contribution in [0, 0.1) is 11.7 Å². The first-order chi connectivity index (χ1) is 13.5. The Bertz CT molecular complexity index is 807. The molecule has 0 spiro atoms. The smallest absolute Gasteiger partial charge is 0.233 e. The van der Waals surface area contributed by atoms with Crippen LogP contribution in [0.4, 0.5) is 4.39 Å². The maximum Gasteiger partial charge on any atom is 0.233 e. The standard InChI is InChI=1S/C21H29FN4OS/c1-4-16-9-7-8-12-25(16)19(27)14-28-21-24-23-20(26(21)13-15(2)3)17-10-5-6-11-18(17)22/h5-6,10-11,15-16H,4,7-9,12-14H2,1-3H3. The first kappa shape index (κ1) is 20.8. The largest absolute Gasteiger partial charge is 0.339 e. The normalized spacial score (nSPS) is 17.3. The van der Waals surface area contributed by atoms with Crippen LogP contribution in [0.5, 0.6) is 0 Å². The van der Waals surface area contributed by atoms with E-state index in [9.17, 15) is 9.18 Å². The molecular weight excluding hydrogens is 375 g/mol. The number of benzene rings is 1. The molecule has 1 aromatic carbocycles. The quantitative estimate of drug-likeness (QED) is 0.632. The Kier molecular flexibility index (Phi) is 7.10. The number of hydrogen-bond donors (Lipinski definition) is 0. The van der Waals surface area contributed by atoms with Gasteiger partial charge in [-0.1, -0.05) is 44.7 Å². The number of aromatic nitrogens is 3. The molecule has 1 atom stereocenters. The van der Waals surface area contributed by atoms with E-state index in [0.717, 1.165) is 25.8 Å². The SMILES string of the molecule is CCC1CCCCN1C(=O)CSc1nnc(-c2ccccc2F)n1CC(C)C. The lowest BCUT2D eigenvalue weighted by Crippen LogP contribution is -2.44. The molecule has 0 aliphatic carbocycles. The average molecular weight is 405 g/mol. The first-order valence-corrected chi connectivity index (χ1v) is 11.1. The number of nitrogens with zero attached hydrogens (tertiary/aromatic N) is 4. The third-order valence-corrected chi connectivity index (χ3v) is 6.07. The molecule has 3 rings (SSSR count). The summed E-state index contributed by atoms with van der Waals surface area (Å²) in [4.78, 5) is 14.8. The molecule has 28 heavy (non-hydrogen) atoms. The Morgan fingerprint density at radius 1 is 1.29 bits per heavy atom. The number of likely N-dealkylation sites (tertiary alicyclic amines) is 1. The number of piperidine rings is 1. The highest BCUT2D eigenvalue weighted by Crippen LogP contribution is 2.28. The highest BCUT2D eigenvalue weighted by Gasteiger charge is 2.26. The van der Waals surface area contributed by atoms with Crippen LogP contribution in [0.15, 0.2) is 29.4 Å². The molecule has 7 heteroatoms. The fourth-order valence-corrected chi connectivity index (χ4v) is 4.56. The molecule has 1 saturated heterocycles. The van der Waals surface area contributed by atoms with Crippen molar-refractivity contribution in [2.75, 3.05) is 12.3 Å². The Balaban J connectivity index is 1.78. The molecule has 0 bridgehead atoms. The van der Waals surface area contributed by atoms with Gasteiger partial charge in [-0.3, -0.25) is 4.79 Å². The predicted molar refractivity (Wildman–Crippen MR) is 111 cm³/mol. The summed E-state index contributed by atoms with van der Waals surface area (Å²) in [6.45, 7) is 7.86. The third kappa shape index (κ3) is 4.74. The van der Waals surface area contributed by atoms with E-state index in [2.05, 4.69) is 31.0 Å². The molecule has 1 aromatic heterocycles. The van der Waals surface area contributed by atoms with Crippen molar-refractivity contribution in [3.8, 4) is 11.4 Å². The van der Waals surface area contributed by atoms with Crippen LogP contribution < -0.4 is 0 Å². The number of rotatable bonds is 7. The van der Waals surface area contributed by atoms with Crippen molar-refractivity contribution in [1.82, 2.24) is 19.7 Å². The molecular formula is C21H29FN4OS. The number of amides is 1. The Morgan fingerprint density at radius 2 is 2.07 bits per heavy atom. The van der Waals surface area contributed by atoms with Gasteiger partial charge in [-0.05, 0) is 43.7 Å². The van der Waals surface area contributed by atoms with Crippen LogP contribution in [0.1, 0.15) is 46.5 Å². The van der Waals surface area contributed by atoms with Gasteiger partial charge < -0.3 is 9.47 Å². The van der Waals surface area contributed by atoms with Gasteiger partial charge in [0.05, 0.1) is 11.3 Å². The van der Waals surface area contributed by atoms with Crippen molar-refractivity contribution in [3.63, 3.8) is 0 Å². The number of thioether (sulfide) groups is 1. The number of carbonyl (C=O) groups is 1. The zero-order valence-electron chi connectivity index (χ0n) is 16.9. The van der Waals surface area contributed by atoms with Gasteiger partial charge in [-0.25, -0.2) is 4.39 Å². The molecule has 2 aromatic rings. The Morgan fingerprint density at radius 3 is 2.79 bits per heavy atom. The molecule has 1 aliphatic heterocycles. The highest BCUT2D eigenvalue weighted by molar-refractivity contribution is 7.99. The number of hydrogen-bond acceptors (Lipinski definition) is 4. The van der Waals surface area contributed by atoms with Crippen molar-refractivity contribution in [2.24, 2.45) is 5.92 Å². The summed E-state index contributed by atoms with van der Waals surface area (Å²) >= 11 is 1.40. The summed E-state index contributed by atoms with van der Waals surface area (Å²) in [5.41, 5.74) is 0.441.